The van der Waals surface area contributed by atoms with Gasteiger partial charge in [-0.1, -0.05) is 18.5 Å². The van der Waals surface area contributed by atoms with Crippen molar-refractivity contribution in [2.24, 2.45) is 23.7 Å². The average Bonchev–Trinajstić information content (AvgIpc) is 3.36. The first-order valence-electron chi connectivity index (χ1n) is 12.1. The molecule has 0 N–H and O–H groups in total. The second-order valence-corrected chi connectivity index (χ2v) is 10.2. The van der Waals surface area contributed by atoms with Crippen LogP contribution in [0, 0.1) is 23.7 Å². The molecule has 36 heavy (non-hydrogen) atoms. The quantitative estimate of drug-likeness (QED) is 0.339. The van der Waals surface area contributed by atoms with Crippen LogP contribution in [0.15, 0.2) is 42.5 Å². The predicted octanol–water partition coefficient (Wildman–Crippen LogP) is 4.23. The molecule has 0 radical (unpaired) electrons. The van der Waals surface area contributed by atoms with Gasteiger partial charge in [0.15, 0.2) is 0 Å². The highest BCUT2D eigenvalue weighted by Crippen LogP contribution is 2.42. The van der Waals surface area contributed by atoms with Gasteiger partial charge in [-0.25, -0.2) is 0 Å². The van der Waals surface area contributed by atoms with Gasteiger partial charge in [-0.3, -0.25) is 24.1 Å². The number of carbonyl (C=O) groups excluding carboxylic acids is 4. The van der Waals surface area contributed by atoms with E-state index >= 15 is 0 Å². The van der Waals surface area contributed by atoms with Gasteiger partial charge in [0.1, 0.15) is 11.5 Å². The Balaban J connectivity index is 1.25. The minimum atomic E-state index is -0.660. The standard InChI is InChI=1S/C27H27ClN2O6/c1-15-3-9-20-21(11-15)26(33)30(25(20)32)18-5-7-19(8-6-18)36-27(34)16-12-24(31)29(14-16)22-13-17(28)4-10-23(22)35-2/h4-8,10,13,15-16,20-21H,3,9,11-12,14H2,1-2H3/t15-,16+,20+,21+/m0/s1. The Morgan fingerprint density at radius 1 is 1.00 bits per heavy atom. The van der Waals surface area contributed by atoms with Crippen LogP contribution in [0.4, 0.5) is 11.4 Å². The summed E-state index contributed by atoms with van der Waals surface area (Å²) in [7, 11) is 1.50. The minimum absolute atomic E-state index is 0.00453. The van der Waals surface area contributed by atoms with Gasteiger partial charge >= 0.3 is 5.97 Å². The maximum absolute atomic E-state index is 12.9. The molecular weight excluding hydrogens is 484 g/mol. The Labute approximate surface area is 214 Å². The van der Waals surface area contributed by atoms with Gasteiger partial charge in [-0.05, 0) is 67.6 Å². The minimum Gasteiger partial charge on any atom is -0.495 e. The summed E-state index contributed by atoms with van der Waals surface area (Å²) in [6.45, 7) is 2.26. The fourth-order valence-corrected chi connectivity index (χ4v) is 5.65. The normalized spacial score (nSPS) is 25.8. The Kier molecular flexibility index (Phi) is 6.47. The first kappa shape index (κ1) is 24.3. The molecule has 3 amide bonds. The van der Waals surface area contributed by atoms with Crippen LogP contribution in [-0.2, 0) is 19.2 Å². The number of rotatable bonds is 5. The monoisotopic (exact) mass is 510 g/mol. The lowest BCUT2D eigenvalue weighted by Crippen LogP contribution is -2.30. The molecule has 2 aromatic carbocycles. The molecule has 0 aromatic heterocycles. The summed E-state index contributed by atoms with van der Waals surface area (Å²) < 4.78 is 10.9. The van der Waals surface area contributed by atoms with E-state index in [1.165, 1.54) is 16.9 Å². The number of esters is 1. The highest BCUT2D eigenvalue weighted by atomic mass is 35.5. The van der Waals surface area contributed by atoms with Crippen molar-refractivity contribution in [1.29, 1.82) is 0 Å². The number of halogens is 1. The predicted molar refractivity (Wildman–Crippen MR) is 133 cm³/mol. The van der Waals surface area contributed by atoms with E-state index in [0.717, 1.165) is 19.3 Å². The van der Waals surface area contributed by atoms with E-state index in [0.29, 0.717) is 28.1 Å². The molecule has 2 saturated heterocycles. The molecule has 5 rings (SSSR count). The first-order chi connectivity index (χ1) is 17.3. The molecule has 0 unspecified atom stereocenters. The number of imide groups is 1. The zero-order chi connectivity index (χ0) is 25.6. The second-order valence-electron chi connectivity index (χ2n) is 9.78. The number of fused-ring (bicyclic) bond motifs is 1. The number of carbonyl (C=O) groups is 4. The average molecular weight is 511 g/mol. The summed E-state index contributed by atoms with van der Waals surface area (Å²) in [4.78, 5) is 54.1. The smallest absolute Gasteiger partial charge is 0.316 e. The lowest BCUT2D eigenvalue weighted by Gasteiger charge is -2.25. The molecule has 3 fully saturated rings. The van der Waals surface area contributed by atoms with E-state index in [4.69, 9.17) is 21.1 Å². The summed E-state index contributed by atoms with van der Waals surface area (Å²) in [6, 6.07) is 11.3. The highest BCUT2D eigenvalue weighted by Gasteiger charge is 2.50. The Morgan fingerprint density at radius 2 is 1.72 bits per heavy atom. The number of ether oxygens (including phenoxy) is 2. The Morgan fingerprint density at radius 3 is 2.44 bits per heavy atom. The largest absolute Gasteiger partial charge is 0.495 e. The van der Waals surface area contributed by atoms with E-state index in [-0.39, 0.29) is 48.3 Å². The van der Waals surface area contributed by atoms with Crippen molar-refractivity contribution < 1.29 is 28.7 Å². The number of amides is 3. The lowest BCUT2D eigenvalue weighted by atomic mass is 9.76. The molecular formula is C27H27ClN2O6. The van der Waals surface area contributed by atoms with Crippen molar-refractivity contribution in [1.82, 2.24) is 0 Å². The van der Waals surface area contributed by atoms with Crippen molar-refractivity contribution in [3.05, 3.63) is 47.5 Å². The molecule has 0 bridgehead atoms. The summed E-state index contributed by atoms with van der Waals surface area (Å²) in [6.07, 6.45) is 2.43. The fraction of sp³-hybridized carbons (Fsp3) is 0.407. The number of methoxy groups -OCH3 is 1. The first-order valence-corrected chi connectivity index (χ1v) is 12.5. The SMILES string of the molecule is COc1ccc(Cl)cc1N1C[C@H](C(=O)Oc2ccc(N3C(=O)[C@@H]4CC[C@H](C)C[C@H]4C3=O)cc2)CC1=O. The van der Waals surface area contributed by atoms with Crippen molar-refractivity contribution >= 4 is 46.7 Å². The maximum Gasteiger partial charge on any atom is 0.316 e. The molecule has 2 aromatic rings. The van der Waals surface area contributed by atoms with Crippen molar-refractivity contribution in [2.45, 2.75) is 32.6 Å². The van der Waals surface area contributed by atoms with Gasteiger partial charge < -0.3 is 14.4 Å². The molecule has 4 atom stereocenters. The summed E-state index contributed by atoms with van der Waals surface area (Å²) in [5, 5.41) is 0.452. The van der Waals surface area contributed by atoms with E-state index in [2.05, 4.69) is 6.92 Å². The lowest BCUT2D eigenvalue weighted by molar-refractivity contribution is -0.139. The highest BCUT2D eigenvalue weighted by molar-refractivity contribution is 6.31. The summed E-state index contributed by atoms with van der Waals surface area (Å²) >= 11 is 6.10. The third-order valence-corrected chi connectivity index (χ3v) is 7.63. The number of hydrogen-bond donors (Lipinski definition) is 0. The molecule has 3 aliphatic rings. The van der Waals surface area contributed by atoms with Gasteiger partial charge in [0.05, 0.1) is 36.2 Å². The molecule has 188 valence electrons. The number of hydrogen-bond acceptors (Lipinski definition) is 6. The second kappa shape index (κ2) is 9.58. The van der Waals surface area contributed by atoms with E-state index < -0.39 is 11.9 Å². The maximum atomic E-state index is 12.9. The summed E-state index contributed by atoms with van der Waals surface area (Å²) in [5.74, 6) is -1.02. The molecule has 2 heterocycles. The van der Waals surface area contributed by atoms with Crippen molar-refractivity contribution in [3.8, 4) is 11.5 Å². The number of benzene rings is 2. The van der Waals surface area contributed by atoms with Crippen LogP contribution >= 0.6 is 11.6 Å². The van der Waals surface area contributed by atoms with Crippen molar-refractivity contribution in [3.63, 3.8) is 0 Å². The molecule has 8 nitrogen and oxygen atoms in total. The Hall–Kier alpha value is -3.39. The number of anilines is 2. The molecule has 1 saturated carbocycles. The Bertz CT molecular complexity index is 1230. The van der Waals surface area contributed by atoms with Gasteiger partial charge in [-0.2, -0.15) is 0 Å². The molecule has 2 aliphatic heterocycles. The third-order valence-electron chi connectivity index (χ3n) is 7.39. The fourth-order valence-electron chi connectivity index (χ4n) is 5.48. The van der Waals surface area contributed by atoms with Crippen LogP contribution in [0.3, 0.4) is 0 Å². The summed E-state index contributed by atoms with van der Waals surface area (Å²) in [5.41, 5.74) is 0.978. The van der Waals surface area contributed by atoms with Gasteiger partial charge in [-0.15, -0.1) is 0 Å². The molecule has 9 heteroatoms. The molecule has 0 spiro atoms. The van der Waals surface area contributed by atoms with E-state index in [1.807, 2.05) is 0 Å². The zero-order valence-corrected chi connectivity index (χ0v) is 20.9. The van der Waals surface area contributed by atoms with Crippen LogP contribution in [0.1, 0.15) is 32.6 Å². The van der Waals surface area contributed by atoms with Crippen LogP contribution in [0.5, 0.6) is 11.5 Å². The zero-order valence-electron chi connectivity index (χ0n) is 20.1. The van der Waals surface area contributed by atoms with E-state index in [1.54, 1.807) is 42.5 Å². The van der Waals surface area contributed by atoms with Gasteiger partial charge in [0.25, 0.3) is 0 Å². The van der Waals surface area contributed by atoms with Crippen LogP contribution in [0.2, 0.25) is 5.02 Å². The van der Waals surface area contributed by atoms with Gasteiger partial charge in [0, 0.05) is 18.0 Å². The third kappa shape index (κ3) is 4.34. The number of nitrogens with zero attached hydrogens (tertiary/aromatic N) is 2. The van der Waals surface area contributed by atoms with Gasteiger partial charge in [0.2, 0.25) is 17.7 Å². The molecule has 1 aliphatic carbocycles. The van der Waals surface area contributed by atoms with E-state index in [9.17, 15) is 19.2 Å². The van der Waals surface area contributed by atoms with Crippen LogP contribution in [0.25, 0.3) is 0 Å². The van der Waals surface area contributed by atoms with Crippen molar-refractivity contribution in [2.75, 3.05) is 23.5 Å². The van der Waals surface area contributed by atoms with Crippen LogP contribution < -0.4 is 19.3 Å². The van der Waals surface area contributed by atoms with Crippen LogP contribution in [-0.4, -0.2) is 37.3 Å². The topological polar surface area (TPSA) is 93.2 Å².